The molecule has 0 atom stereocenters. The molecule has 60 valence electrons. The molecule has 1 heterocycles. The average Bonchev–Trinajstić information content (AvgIpc) is 2.01. The molecule has 0 amide bonds. The van der Waals surface area contributed by atoms with Crippen molar-refractivity contribution in [1.29, 1.82) is 0 Å². The molecule has 0 saturated carbocycles. The molecule has 0 unspecified atom stereocenters. The number of aromatic nitrogens is 1. The predicted molar refractivity (Wildman–Crippen MR) is 46.4 cm³/mol. The maximum atomic E-state index is 4.35. The molecule has 0 saturated heterocycles. The van der Waals surface area contributed by atoms with Crippen LogP contribution in [0.2, 0.25) is 0 Å². The van der Waals surface area contributed by atoms with Gasteiger partial charge >= 0.3 is 0 Å². The molecule has 2 nitrogen and oxygen atoms in total. The summed E-state index contributed by atoms with van der Waals surface area (Å²) in [6.07, 6.45) is 0. The van der Waals surface area contributed by atoms with E-state index in [1.807, 2.05) is 25.1 Å². The second-order valence-electron chi connectivity index (χ2n) is 2.55. The Morgan fingerprint density at radius 1 is 1.45 bits per heavy atom. The molecule has 11 heavy (non-hydrogen) atoms. The minimum Gasteiger partial charge on any atom is -0.311 e. The molecule has 1 aromatic heterocycles. The van der Waals surface area contributed by atoms with E-state index in [-0.39, 0.29) is 0 Å². The second-order valence-corrected chi connectivity index (χ2v) is 2.55. The quantitative estimate of drug-likeness (QED) is 0.706. The molecule has 0 bridgehead atoms. The first-order valence-electron chi connectivity index (χ1n) is 3.96. The van der Waals surface area contributed by atoms with Crippen molar-refractivity contribution in [3.05, 3.63) is 29.6 Å². The molecule has 0 aromatic carbocycles. The first kappa shape index (κ1) is 8.21. The smallest absolute Gasteiger partial charge is 0.0544 e. The first-order valence-corrected chi connectivity index (χ1v) is 3.96. The second kappa shape index (κ2) is 4.09. The zero-order chi connectivity index (χ0) is 8.10. The van der Waals surface area contributed by atoms with Crippen LogP contribution in [-0.4, -0.2) is 11.5 Å². The van der Waals surface area contributed by atoms with Crippen LogP contribution in [0.5, 0.6) is 0 Å². The van der Waals surface area contributed by atoms with Gasteiger partial charge in [0.15, 0.2) is 0 Å². The zero-order valence-electron chi connectivity index (χ0n) is 7.09. The lowest BCUT2D eigenvalue weighted by Gasteiger charge is -2.00. The largest absolute Gasteiger partial charge is 0.311 e. The van der Waals surface area contributed by atoms with E-state index in [0.29, 0.717) is 0 Å². The van der Waals surface area contributed by atoms with Crippen molar-refractivity contribution in [2.24, 2.45) is 0 Å². The van der Waals surface area contributed by atoms with E-state index in [9.17, 15) is 0 Å². The van der Waals surface area contributed by atoms with Crippen molar-refractivity contribution < 1.29 is 0 Å². The summed E-state index contributed by atoms with van der Waals surface area (Å²) in [6, 6.07) is 6.08. The van der Waals surface area contributed by atoms with E-state index in [1.54, 1.807) is 0 Å². The Labute approximate surface area is 67.7 Å². The van der Waals surface area contributed by atoms with Gasteiger partial charge in [0.1, 0.15) is 0 Å². The maximum Gasteiger partial charge on any atom is 0.0544 e. The molecule has 0 aliphatic heterocycles. The van der Waals surface area contributed by atoms with E-state index < -0.39 is 0 Å². The summed E-state index contributed by atoms with van der Waals surface area (Å²) in [5, 5.41) is 3.23. The summed E-state index contributed by atoms with van der Waals surface area (Å²) in [4.78, 5) is 4.35. The SMILES string of the molecule is CCNCc1cccc(C)n1. The highest BCUT2D eigenvalue weighted by Gasteiger charge is 1.91. The molecular formula is C9H14N2. The maximum absolute atomic E-state index is 4.35. The third-order valence-electron chi connectivity index (χ3n) is 1.50. The average molecular weight is 150 g/mol. The monoisotopic (exact) mass is 150 g/mol. The summed E-state index contributed by atoms with van der Waals surface area (Å²) in [5.74, 6) is 0. The highest BCUT2D eigenvalue weighted by molar-refractivity contribution is 5.09. The van der Waals surface area contributed by atoms with Gasteiger partial charge in [-0.2, -0.15) is 0 Å². The van der Waals surface area contributed by atoms with Gasteiger partial charge in [-0.25, -0.2) is 0 Å². The van der Waals surface area contributed by atoms with Crippen LogP contribution in [0, 0.1) is 6.92 Å². The minimum atomic E-state index is 0.873. The number of rotatable bonds is 3. The summed E-state index contributed by atoms with van der Waals surface area (Å²) in [5.41, 5.74) is 2.20. The number of hydrogen-bond donors (Lipinski definition) is 1. The zero-order valence-corrected chi connectivity index (χ0v) is 7.09. The molecule has 0 spiro atoms. The molecule has 1 aromatic rings. The van der Waals surface area contributed by atoms with E-state index in [1.165, 1.54) is 0 Å². The fraction of sp³-hybridized carbons (Fsp3) is 0.444. The van der Waals surface area contributed by atoms with Crippen molar-refractivity contribution in [3.63, 3.8) is 0 Å². The Kier molecular flexibility index (Phi) is 3.05. The molecule has 1 rings (SSSR count). The van der Waals surface area contributed by atoms with Crippen LogP contribution in [-0.2, 0) is 6.54 Å². The lowest BCUT2D eigenvalue weighted by atomic mass is 10.3. The van der Waals surface area contributed by atoms with Crippen molar-refractivity contribution in [2.45, 2.75) is 20.4 Å². The van der Waals surface area contributed by atoms with Crippen LogP contribution in [0.1, 0.15) is 18.3 Å². The molecule has 0 radical (unpaired) electrons. The Morgan fingerprint density at radius 2 is 2.27 bits per heavy atom. The van der Waals surface area contributed by atoms with Gasteiger partial charge in [0, 0.05) is 12.2 Å². The molecule has 0 aliphatic rings. The van der Waals surface area contributed by atoms with Gasteiger partial charge in [-0.1, -0.05) is 13.0 Å². The summed E-state index contributed by atoms with van der Waals surface area (Å²) in [7, 11) is 0. The van der Waals surface area contributed by atoms with E-state index in [2.05, 4.69) is 17.2 Å². The van der Waals surface area contributed by atoms with Crippen molar-refractivity contribution >= 4 is 0 Å². The Morgan fingerprint density at radius 3 is 2.91 bits per heavy atom. The van der Waals surface area contributed by atoms with Gasteiger partial charge in [-0.15, -0.1) is 0 Å². The van der Waals surface area contributed by atoms with Crippen molar-refractivity contribution in [2.75, 3.05) is 6.54 Å². The van der Waals surface area contributed by atoms with Crippen LogP contribution < -0.4 is 5.32 Å². The lowest BCUT2D eigenvalue weighted by Crippen LogP contribution is -2.12. The van der Waals surface area contributed by atoms with Crippen LogP contribution in [0.3, 0.4) is 0 Å². The topological polar surface area (TPSA) is 24.9 Å². The molecule has 1 N–H and O–H groups in total. The van der Waals surface area contributed by atoms with Gasteiger partial charge in [0.05, 0.1) is 5.69 Å². The van der Waals surface area contributed by atoms with Crippen molar-refractivity contribution in [3.8, 4) is 0 Å². The summed E-state index contributed by atoms with van der Waals surface area (Å²) in [6.45, 7) is 5.97. The fourth-order valence-corrected chi connectivity index (χ4v) is 0.951. The van der Waals surface area contributed by atoms with E-state index in [4.69, 9.17) is 0 Å². The van der Waals surface area contributed by atoms with Crippen LogP contribution >= 0.6 is 0 Å². The molecule has 0 fully saturated rings. The summed E-state index contributed by atoms with van der Waals surface area (Å²) >= 11 is 0. The highest BCUT2D eigenvalue weighted by Crippen LogP contribution is 1.96. The number of pyridine rings is 1. The minimum absolute atomic E-state index is 0.873. The number of aryl methyl sites for hydroxylation is 1. The van der Waals surface area contributed by atoms with Crippen molar-refractivity contribution in [1.82, 2.24) is 10.3 Å². The van der Waals surface area contributed by atoms with E-state index >= 15 is 0 Å². The van der Waals surface area contributed by atoms with Gasteiger partial charge in [0.2, 0.25) is 0 Å². The predicted octanol–water partition coefficient (Wildman–Crippen LogP) is 1.50. The van der Waals surface area contributed by atoms with Gasteiger partial charge in [-0.05, 0) is 25.6 Å². The van der Waals surface area contributed by atoms with Gasteiger partial charge in [-0.3, -0.25) is 4.98 Å². The summed E-state index contributed by atoms with van der Waals surface area (Å²) < 4.78 is 0. The van der Waals surface area contributed by atoms with Gasteiger partial charge in [0.25, 0.3) is 0 Å². The van der Waals surface area contributed by atoms with Crippen LogP contribution in [0.4, 0.5) is 0 Å². The Balaban J connectivity index is 2.56. The third kappa shape index (κ3) is 2.68. The molecule has 0 aliphatic carbocycles. The van der Waals surface area contributed by atoms with Gasteiger partial charge < -0.3 is 5.32 Å². The molecule has 2 heteroatoms. The number of hydrogen-bond acceptors (Lipinski definition) is 2. The molecular weight excluding hydrogens is 136 g/mol. The standard InChI is InChI=1S/C9H14N2/c1-3-10-7-9-6-4-5-8(2)11-9/h4-6,10H,3,7H2,1-2H3. The Hall–Kier alpha value is -0.890. The number of nitrogens with one attached hydrogen (secondary N) is 1. The van der Waals surface area contributed by atoms with Crippen LogP contribution in [0.15, 0.2) is 18.2 Å². The van der Waals surface area contributed by atoms with Crippen LogP contribution in [0.25, 0.3) is 0 Å². The first-order chi connectivity index (χ1) is 5.33. The third-order valence-corrected chi connectivity index (χ3v) is 1.50. The Bertz CT molecular complexity index is 221. The highest BCUT2D eigenvalue weighted by atomic mass is 14.9. The lowest BCUT2D eigenvalue weighted by molar-refractivity contribution is 0.708. The number of nitrogens with zero attached hydrogens (tertiary/aromatic N) is 1. The van der Waals surface area contributed by atoms with E-state index in [0.717, 1.165) is 24.5 Å². The normalized spacial score (nSPS) is 10.0. The fourth-order valence-electron chi connectivity index (χ4n) is 0.951.